The molecule has 0 saturated carbocycles. The van der Waals surface area contributed by atoms with Gasteiger partial charge in [0.15, 0.2) is 5.82 Å². The summed E-state index contributed by atoms with van der Waals surface area (Å²) in [6, 6.07) is 10.6. The smallest absolute Gasteiger partial charge is 0.183 e. The fraction of sp³-hybridized carbons (Fsp3) is 0.188. The number of aromatic nitrogens is 2. The molecule has 0 atom stereocenters. The minimum Gasteiger partial charge on any atom is -0.508 e. The molecule has 2 heterocycles. The number of benzene rings is 1. The average molecular weight is 359 g/mol. The molecule has 6 heteroatoms. The van der Waals surface area contributed by atoms with Crippen LogP contribution in [0.2, 0.25) is 0 Å². The maximum atomic E-state index is 9.50. The third-order valence-electron chi connectivity index (χ3n) is 3.22. The molecule has 0 spiro atoms. The highest BCUT2D eigenvalue weighted by Gasteiger charge is 2.15. The number of fused-ring (bicyclic) bond motifs is 1. The summed E-state index contributed by atoms with van der Waals surface area (Å²) in [6.07, 6.45) is 1.92. The van der Waals surface area contributed by atoms with Crippen LogP contribution in [-0.4, -0.2) is 14.5 Å². The molecule has 3 rings (SSSR count). The zero-order chi connectivity index (χ0) is 15.7. The van der Waals surface area contributed by atoms with Crippen molar-refractivity contribution in [2.45, 2.75) is 19.8 Å². The van der Waals surface area contributed by atoms with Crippen molar-refractivity contribution in [2.75, 3.05) is 0 Å². The summed E-state index contributed by atoms with van der Waals surface area (Å²) < 4.78 is 2.85. The highest BCUT2D eigenvalue weighted by Crippen LogP contribution is 2.30. The number of pyridine rings is 1. The topological polar surface area (TPSA) is 62.2 Å². The minimum atomic E-state index is 0.168. The van der Waals surface area contributed by atoms with Crippen LogP contribution < -0.4 is 0 Å². The predicted molar refractivity (Wildman–Crippen MR) is 89.3 cm³/mol. The van der Waals surface area contributed by atoms with Gasteiger partial charge in [-0.25, -0.2) is 4.98 Å². The zero-order valence-electron chi connectivity index (χ0n) is 12.2. The summed E-state index contributed by atoms with van der Waals surface area (Å²) in [7, 11) is 0. The van der Waals surface area contributed by atoms with Gasteiger partial charge in [0.2, 0.25) is 0 Å². The molecule has 22 heavy (non-hydrogen) atoms. The van der Waals surface area contributed by atoms with Crippen LogP contribution in [0.25, 0.3) is 5.65 Å². The standard InChI is InChI=1S/C16H15BrN4O/c1-10(2)15-16(20-19-12-4-3-5-13(22)8-12)21-9-11(17)6-7-14(21)18-15/h3-10,22H,1-2H3. The van der Waals surface area contributed by atoms with E-state index in [0.717, 1.165) is 15.8 Å². The first-order valence-corrected chi connectivity index (χ1v) is 7.72. The van der Waals surface area contributed by atoms with Crippen LogP contribution in [0.3, 0.4) is 0 Å². The molecule has 2 aromatic heterocycles. The number of phenolic OH excluding ortho intramolecular Hbond substituents is 1. The Hall–Kier alpha value is -2.21. The van der Waals surface area contributed by atoms with Crippen molar-refractivity contribution in [1.82, 2.24) is 9.38 Å². The van der Waals surface area contributed by atoms with Gasteiger partial charge in [-0.1, -0.05) is 19.9 Å². The van der Waals surface area contributed by atoms with Gasteiger partial charge in [-0.3, -0.25) is 4.40 Å². The van der Waals surface area contributed by atoms with E-state index in [-0.39, 0.29) is 11.7 Å². The molecule has 0 radical (unpaired) electrons. The Bertz CT molecular complexity index is 854. The van der Waals surface area contributed by atoms with E-state index in [1.54, 1.807) is 24.3 Å². The molecule has 5 nitrogen and oxygen atoms in total. The molecular formula is C16H15BrN4O. The van der Waals surface area contributed by atoms with E-state index in [1.165, 1.54) is 0 Å². The van der Waals surface area contributed by atoms with Gasteiger partial charge < -0.3 is 5.11 Å². The lowest BCUT2D eigenvalue weighted by Gasteiger charge is -2.02. The number of aromatic hydroxyl groups is 1. The predicted octanol–water partition coefficient (Wildman–Crippen LogP) is 5.34. The van der Waals surface area contributed by atoms with Crippen molar-refractivity contribution in [3.05, 3.63) is 52.8 Å². The lowest BCUT2D eigenvalue weighted by Crippen LogP contribution is -1.87. The number of phenols is 1. The van der Waals surface area contributed by atoms with E-state index >= 15 is 0 Å². The van der Waals surface area contributed by atoms with E-state index in [9.17, 15) is 5.11 Å². The van der Waals surface area contributed by atoms with Crippen molar-refractivity contribution < 1.29 is 5.11 Å². The number of nitrogens with zero attached hydrogens (tertiary/aromatic N) is 4. The summed E-state index contributed by atoms with van der Waals surface area (Å²) in [5.41, 5.74) is 2.32. The van der Waals surface area contributed by atoms with Gasteiger partial charge in [-0.05, 0) is 46.1 Å². The van der Waals surface area contributed by atoms with Crippen molar-refractivity contribution in [1.29, 1.82) is 0 Å². The van der Waals surface area contributed by atoms with Crippen LogP contribution in [0.4, 0.5) is 11.5 Å². The minimum absolute atomic E-state index is 0.168. The first kappa shape index (κ1) is 14.7. The van der Waals surface area contributed by atoms with Gasteiger partial charge in [0.25, 0.3) is 0 Å². The molecule has 0 fully saturated rings. The highest BCUT2D eigenvalue weighted by molar-refractivity contribution is 9.10. The lowest BCUT2D eigenvalue weighted by molar-refractivity contribution is 0.475. The molecule has 0 amide bonds. The lowest BCUT2D eigenvalue weighted by atomic mass is 10.1. The Balaban J connectivity index is 2.12. The summed E-state index contributed by atoms with van der Waals surface area (Å²) in [4.78, 5) is 4.62. The molecule has 1 aromatic carbocycles. The van der Waals surface area contributed by atoms with Gasteiger partial charge in [-0.15, -0.1) is 10.2 Å². The fourth-order valence-electron chi connectivity index (χ4n) is 2.17. The molecule has 3 aromatic rings. The number of hydrogen-bond acceptors (Lipinski definition) is 4. The number of azo groups is 1. The first-order valence-electron chi connectivity index (χ1n) is 6.93. The molecule has 0 bridgehead atoms. The molecule has 0 aliphatic heterocycles. The molecule has 1 N–H and O–H groups in total. The maximum absolute atomic E-state index is 9.50. The monoisotopic (exact) mass is 358 g/mol. The van der Waals surface area contributed by atoms with Crippen LogP contribution in [0, 0.1) is 0 Å². The second kappa shape index (κ2) is 5.88. The van der Waals surface area contributed by atoms with Crippen molar-refractivity contribution in [3.8, 4) is 5.75 Å². The van der Waals surface area contributed by atoms with Crippen LogP contribution in [0.15, 0.2) is 57.3 Å². The molecule has 0 unspecified atom stereocenters. The third kappa shape index (κ3) is 2.87. The fourth-order valence-corrected chi connectivity index (χ4v) is 2.51. The Kier molecular flexibility index (Phi) is 3.94. The van der Waals surface area contributed by atoms with E-state index in [0.29, 0.717) is 11.5 Å². The molecule has 112 valence electrons. The molecule has 0 aliphatic carbocycles. The highest BCUT2D eigenvalue weighted by atomic mass is 79.9. The van der Waals surface area contributed by atoms with Gasteiger partial charge in [0, 0.05) is 16.7 Å². The van der Waals surface area contributed by atoms with Crippen molar-refractivity contribution in [2.24, 2.45) is 10.2 Å². The van der Waals surface area contributed by atoms with Gasteiger partial charge in [0.1, 0.15) is 11.4 Å². The zero-order valence-corrected chi connectivity index (χ0v) is 13.8. The summed E-state index contributed by atoms with van der Waals surface area (Å²) in [6.45, 7) is 4.15. The van der Waals surface area contributed by atoms with E-state index < -0.39 is 0 Å². The third-order valence-corrected chi connectivity index (χ3v) is 3.69. The second-order valence-electron chi connectivity index (χ2n) is 5.27. The van der Waals surface area contributed by atoms with Crippen molar-refractivity contribution >= 4 is 33.1 Å². The summed E-state index contributed by atoms with van der Waals surface area (Å²) >= 11 is 3.46. The van der Waals surface area contributed by atoms with Crippen LogP contribution in [-0.2, 0) is 0 Å². The van der Waals surface area contributed by atoms with E-state index in [2.05, 4.69) is 45.0 Å². The maximum Gasteiger partial charge on any atom is 0.183 e. The average Bonchev–Trinajstić information content (AvgIpc) is 2.83. The SMILES string of the molecule is CC(C)c1nc2ccc(Br)cn2c1N=Nc1cccc(O)c1. The first-order chi connectivity index (χ1) is 10.5. The number of rotatable bonds is 3. The number of hydrogen-bond donors (Lipinski definition) is 1. The summed E-state index contributed by atoms with van der Waals surface area (Å²) in [5, 5.41) is 18.1. The molecule has 0 saturated heterocycles. The molecule has 0 aliphatic rings. The Morgan fingerprint density at radius 1 is 1.18 bits per heavy atom. The van der Waals surface area contributed by atoms with Crippen LogP contribution >= 0.6 is 15.9 Å². The second-order valence-corrected chi connectivity index (χ2v) is 6.19. The van der Waals surface area contributed by atoms with Gasteiger partial charge >= 0.3 is 0 Å². The largest absolute Gasteiger partial charge is 0.508 e. The summed E-state index contributed by atoms with van der Waals surface area (Å²) in [5.74, 6) is 1.10. The van der Waals surface area contributed by atoms with Crippen LogP contribution in [0.1, 0.15) is 25.5 Å². The normalized spacial score (nSPS) is 11.8. The van der Waals surface area contributed by atoms with Gasteiger partial charge in [0.05, 0.1) is 11.4 Å². The Labute approximate surface area is 136 Å². The Morgan fingerprint density at radius 3 is 2.73 bits per heavy atom. The van der Waals surface area contributed by atoms with Gasteiger partial charge in [-0.2, -0.15) is 0 Å². The number of imidazole rings is 1. The van der Waals surface area contributed by atoms with E-state index in [4.69, 9.17) is 0 Å². The van der Waals surface area contributed by atoms with E-state index in [1.807, 2.05) is 22.7 Å². The number of halogens is 1. The Morgan fingerprint density at radius 2 is 2.00 bits per heavy atom. The van der Waals surface area contributed by atoms with Crippen molar-refractivity contribution in [3.63, 3.8) is 0 Å². The quantitative estimate of drug-likeness (QED) is 0.642. The van der Waals surface area contributed by atoms with Crippen LogP contribution in [0.5, 0.6) is 5.75 Å². The molecular weight excluding hydrogens is 344 g/mol.